The summed E-state index contributed by atoms with van der Waals surface area (Å²) in [5.74, 6) is 1.79. The first kappa shape index (κ1) is 31.3. The molecule has 0 bridgehead atoms. The Bertz CT molecular complexity index is 1460. The summed E-state index contributed by atoms with van der Waals surface area (Å²) in [5.41, 5.74) is 4.03. The van der Waals surface area contributed by atoms with Crippen molar-refractivity contribution >= 4 is 40.5 Å². The van der Waals surface area contributed by atoms with Crippen molar-refractivity contribution in [2.45, 2.75) is 78.2 Å². The lowest BCUT2D eigenvalue weighted by atomic mass is 9.97. The number of piperidine rings is 1. The number of aromatic nitrogens is 3. The predicted octanol–water partition coefficient (Wildman–Crippen LogP) is 5.37. The van der Waals surface area contributed by atoms with E-state index >= 15 is 0 Å². The van der Waals surface area contributed by atoms with Gasteiger partial charge < -0.3 is 16.0 Å². The van der Waals surface area contributed by atoms with Crippen molar-refractivity contribution in [1.82, 2.24) is 30.7 Å². The van der Waals surface area contributed by atoms with Crippen molar-refractivity contribution in [1.29, 1.82) is 0 Å². The number of nitrogens with one attached hydrogen (secondary N) is 3. The lowest BCUT2D eigenvalue weighted by Crippen LogP contribution is -2.38. The highest BCUT2D eigenvalue weighted by atomic mass is 35.5. The molecule has 0 aliphatic carbocycles. The Labute approximate surface area is 262 Å². The summed E-state index contributed by atoms with van der Waals surface area (Å²) < 4.78 is 2.07. The SMILES string of the molecule is Cc1sc2c(c1C)C(c1ccc(Cl)cc1)=NC(CC(=O)NCCCCCCCNC(=O)C1CCNCC1)c1nnc(C)n1-2. The third-order valence-corrected chi connectivity index (χ3v) is 9.87. The minimum Gasteiger partial charge on any atom is -0.356 e. The fourth-order valence-electron chi connectivity index (χ4n) is 5.83. The highest BCUT2D eigenvalue weighted by Gasteiger charge is 2.32. The molecule has 3 N–H and O–H groups in total. The monoisotopic (exact) mass is 623 g/mol. The van der Waals surface area contributed by atoms with Crippen molar-refractivity contribution in [3.05, 3.63) is 62.5 Å². The van der Waals surface area contributed by atoms with E-state index in [-0.39, 0.29) is 24.2 Å². The van der Waals surface area contributed by atoms with Crippen LogP contribution in [0.5, 0.6) is 0 Å². The Hall–Kier alpha value is -3.08. The molecule has 0 saturated carbocycles. The zero-order valence-electron chi connectivity index (χ0n) is 25.3. The Balaban J connectivity index is 1.14. The van der Waals surface area contributed by atoms with Gasteiger partial charge in [0.1, 0.15) is 16.9 Å². The molecule has 1 atom stereocenters. The number of carbonyl (C=O) groups is 2. The quantitative estimate of drug-likeness (QED) is 0.235. The number of hydrogen-bond donors (Lipinski definition) is 3. The molecule has 4 heterocycles. The van der Waals surface area contributed by atoms with Crippen LogP contribution in [0.4, 0.5) is 0 Å². The molecule has 3 aromatic rings. The smallest absolute Gasteiger partial charge is 0.223 e. The fourth-order valence-corrected chi connectivity index (χ4v) is 7.17. The number of benzene rings is 1. The normalized spacial score (nSPS) is 16.7. The first-order chi connectivity index (χ1) is 20.8. The highest BCUT2D eigenvalue weighted by molar-refractivity contribution is 7.15. The van der Waals surface area contributed by atoms with Crippen LogP contribution in [0.1, 0.15) is 90.6 Å². The van der Waals surface area contributed by atoms with Crippen molar-refractivity contribution in [3.63, 3.8) is 0 Å². The molecule has 2 aliphatic rings. The second-order valence-electron chi connectivity index (χ2n) is 11.5. The number of aliphatic imine (C=N–C) groups is 1. The Morgan fingerprint density at radius 1 is 0.977 bits per heavy atom. The maximum atomic E-state index is 13.1. The van der Waals surface area contributed by atoms with E-state index in [9.17, 15) is 9.59 Å². The first-order valence-corrected chi connectivity index (χ1v) is 16.6. The standard InChI is InChI=1S/C32H42ClN7O2S/c1-20-21(2)43-32-28(20)29(23-9-11-25(33)12-10-23)37-26(30-39-38-22(3)40(30)32)19-27(41)35-15-7-5-4-6-8-16-36-31(42)24-13-17-34-18-14-24/h9-12,24,26,34H,4-8,13-19H2,1-3H3,(H,35,41)(H,36,42). The number of hydrogen-bond acceptors (Lipinski definition) is 7. The number of amides is 2. The zero-order chi connectivity index (χ0) is 30.3. The van der Waals surface area contributed by atoms with Gasteiger partial charge in [-0.05, 0) is 77.2 Å². The average molecular weight is 624 g/mol. The number of unbranched alkanes of at least 4 members (excludes halogenated alkanes) is 4. The summed E-state index contributed by atoms with van der Waals surface area (Å²) in [7, 11) is 0. The van der Waals surface area contributed by atoms with Gasteiger partial charge in [-0.15, -0.1) is 21.5 Å². The van der Waals surface area contributed by atoms with Crippen molar-refractivity contribution in [2.24, 2.45) is 10.9 Å². The average Bonchev–Trinajstić information content (AvgIpc) is 3.48. The van der Waals surface area contributed by atoms with Gasteiger partial charge in [0, 0.05) is 40.0 Å². The molecule has 43 heavy (non-hydrogen) atoms. The Morgan fingerprint density at radius 3 is 2.37 bits per heavy atom. The number of fused-ring (bicyclic) bond motifs is 3. The van der Waals surface area contributed by atoms with Gasteiger partial charge >= 0.3 is 0 Å². The molecule has 230 valence electrons. The van der Waals surface area contributed by atoms with E-state index in [0.717, 1.165) is 92.2 Å². The maximum Gasteiger partial charge on any atom is 0.223 e. The van der Waals surface area contributed by atoms with Crippen molar-refractivity contribution in [2.75, 3.05) is 26.2 Å². The summed E-state index contributed by atoms with van der Waals surface area (Å²) >= 11 is 7.90. The molecule has 0 spiro atoms. The van der Waals surface area contributed by atoms with Crippen molar-refractivity contribution < 1.29 is 9.59 Å². The van der Waals surface area contributed by atoms with Gasteiger partial charge in [-0.25, -0.2) is 0 Å². The highest BCUT2D eigenvalue weighted by Crippen LogP contribution is 2.39. The van der Waals surface area contributed by atoms with Crippen LogP contribution in [0.2, 0.25) is 5.02 Å². The van der Waals surface area contributed by atoms with Gasteiger partial charge in [0.25, 0.3) is 0 Å². The summed E-state index contributed by atoms with van der Waals surface area (Å²) in [6, 6.07) is 7.24. The van der Waals surface area contributed by atoms with Gasteiger partial charge in [0.05, 0.1) is 12.1 Å². The zero-order valence-corrected chi connectivity index (χ0v) is 26.9. The van der Waals surface area contributed by atoms with Gasteiger partial charge in [-0.3, -0.25) is 19.1 Å². The van der Waals surface area contributed by atoms with E-state index < -0.39 is 6.04 Å². The number of aryl methyl sites for hydroxylation is 2. The number of rotatable bonds is 12. The summed E-state index contributed by atoms with van der Waals surface area (Å²) in [6.07, 6.45) is 7.16. The lowest BCUT2D eigenvalue weighted by Gasteiger charge is -2.21. The predicted molar refractivity (Wildman–Crippen MR) is 173 cm³/mol. The number of thiophene rings is 1. The van der Waals surface area contributed by atoms with Gasteiger partial charge in [-0.1, -0.05) is 43.0 Å². The molecule has 1 fully saturated rings. The number of halogens is 1. The molecule has 1 aromatic carbocycles. The maximum absolute atomic E-state index is 13.1. The van der Waals surface area contributed by atoms with Crippen LogP contribution >= 0.6 is 22.9 Å². The summed E-state index contributed by atoms with van der Waals surface area (Å²) in [6.45, 7) is 9.42. The molecule has 2 aromatic heterocycles. The second-order valence-corrected chi connectivity index (χ2v) is 13.2. The second kappa shape index (κ2) is 14.6. The number of carbonyl (C=O) groups excluding carboxylic acids is 2. The summed E-state index contributed by atoms with van der Waals surface area (Å²) in [4.78, 5) is 31.8. The van der Waals surface area contributed by atoms with Gasteiger partial charge in [-0.2, -0.15) is 0 Å². The molecular weight excluding hydrogens is 582 g/mol. The van der Waals surface area contributed by atoms with Crippen LogP contribution in [0, 0.1) is 26.7 Å². The van der Waals surface area contributed by atoms with Crippen LogP contribution in [-0.2, 0) is 9.59 Å². The lowest BCUT2D eigenvalue weighted by molar-refractivity contribution is -0.125. The largest absolute Gasteiger partial charge is 0.356 e. The van der Waals surface area contributed by atoms with E-state index in [0.29, 0.717) is 17.4 Å². The Kier molecular flexibility index (Phi) is 10.6. The van der Waals surface area contributed by atoms with Crippen molar-refractivity contribution in [3.8, 4) is 5.00 Å². The molecule has 0 radical (unpaired) electrons. The van der Waals surface area contributed by atoms with E-state index in [1.807, 2.05) is 31.2 Å². The third kappa shape index (κ3) is 7.53. The van der Waals surface area contributed by atoms with Crippen LogP contribution in [-0.4, -0.2) is 58.5 Å². The molecule has 1 saturated heterocycles. The fraction of sp³-hybridized carbons (Fsp3) is 0.531. The molecule has 5 rings (SSSR count). The van der Waals surface area contributed by atoms with E-state index in [1.165, 1.54) is 10.4 Å². The molecule has 11 heteroatoms. The third-order valence-electron chi connectivity index (χ3n) is 8.42. The topological polar surface area (TPSA) is 113 Å². The van der Waals surface area contributed by atoms with E-state index in [4.69, 9.17) is 16.6 Å². The van der Waals surface area contributed by atoms with Gasteiger partial charge in [0.15, 0.2) is 5.82 Å². The van der Waals surface area contributed by atoms with Crippen LogP contribution in [0.25, 0.3) is 5.00 Å². The molecular formula is C32H42ClN7O2S. The minimum atomic E-state index is -0.466. The molecule has 1 unspecified atom stereocenters. The van der Waals surface area contributed by atoms with Crippen LogP contribution in [0.3, 0.4) is 0 Å². The van der Waals surface area contributed by atoms with Gasteiger partial charge in [0.2, 0.25) is 11.8 Å². The number of nitrogens with zero attached hydrogens (tertiary/aromatic N) is 4. The molecule has 9 nitrogen and oxygen atoms in total. The van der Waals surface area contributed by atoms with E-state index in [2.05, 4.69) is 44.6 Å². The van der Waals surface area contributed by atoms with Crippen LogP contribution in [0.15, 0.2) is 29.3 Å². The summed E-state index contributed by atoms with van der Waals surface area (Å²) in [5, 5.41) is 20.1. The molecule has 2 aliphatic heterocycles. The van der Waals surface area contributed by atoms with E-state index in [1.54, 1.807) is 11.3 Å². The first-order valence-electron chi connectivity index (χ1n) is 15.4. The minimum absolute atomic E-state index is 0.0461. The van der Waals surface area contributed by atoms with Crippen LogP contribution < -0.4 is 16.0 Å². The Morgan fingerprint density at radius 2 is 1.65 bits per heavy atom. The molecule has 2 amide bonds.